The third kappa shape index (κ3) is 11.4. The number of benzene rings is 10. The van der Waals surface area contributed by atoms with Gasteiger partial charge in [0.15, 0.2) is 0 Å². The Morgan fingerprint density at radius 1 is 0.314 bits per heavy atom. The second-order valence-electron chi connectivity index (χ2n) is 29.6. The van der Waals surface area contributed by atoms with Crippen molar-refractivity contribution < 1.29 is 47.9 Å². The highest BCUT2D eigenvalue weighted by Gasteiger charge is 2.43. The molecule has 1 saturated carbocycles. The molecule has 102 heavy (non-hydrogen) atoms. The van der Waals surface area contributed by atoms with Crippen molar-refractivity contribution in [3.05, 3.63) is 142 Å². The summed E-state index contributed by atoms with van der Waals surface area (Å²) in [7, 11) is 0. The molecule has 0 saturated heterocycles. The third-order valence-corrected chi connectivity index (χ3v) is 23.4. The molecule has 4 heterocycles. The topological polar surface area (TPSA) is 208 Å². The predicted octanol–water partition coefficient (Wildman–Crippen LogP) is 17.8. The van der Waals surface area contributed by atoms with Crippen molar-refractivity contribution in [1.82, 2.24) is 30.2 Å². The van der Waals surface area contributed by atoms with Crippen LogP contribution in [0.1, 0.15) is 278 Å². The van der Waals surface area contributed by atoms with Gasteiger partial charge in [0, 0.05) is 116 Å². The Morgan fingerprint density at radius 2 is 0.539 bits per heavy atom. The molecule has 0 spiro atoms. The van der Waals surface area contributed by atoms with E-state index in [4.69, 9.17) is 0 Å². The molecule has 16 heteroatoms. The number of hydrogen-bond donors (Lipinski definition) is 2. The number of unbranched alkanes of at least 4 members (excludes halogenated alkanes) is 12. The molecular weight excluding hydrogens is 1280 g/mol. The molecule has 0 radical (unpaired) electrons. The Hall–Kier alpha value is -9.70. The van der Waals surface area contributed by atoms with Crippen LogP contribution in [-0.2, 0) is 9.59 Å². The Balaban J connectivity index is 0.608. The lowest BCUT2D eigenvalue weighted by Gasteiger charge is -2.35. The lowest BCUT2D eigenvalue weighted by molar-refractivity contribution is -0.125. The van der Waals surface area contributed by atoms with E-state index in [-0.39, 0.29) is 61.6 Å². The zero-order valence-corrected chi connectivity index (χ0v) is 59.2. The lowest BCUT2D eigenvalue weighted by Crippen LogP contribution is -2.54. The first-order valence-electron chi connectivity index (χ1n) is 38.2. The van der Waals surface area contributed by atoms with E-state index in [1.165, 1.54) is 0 Å². The maximum absolute atomic E-state index is 14.7. The van der Waals surface area contributed by atoms with E-state index in [0.717, 1.165) is 216 Å². The van der Waals surface area contributed by atoms with E-state index in [0.29, 0.717) is 78.9 Å². The normalized spacial score (nSPS) is 17.0. The molecule has 0 aromatic heterocycles. The summed E-state index contributed by atoms with van der Waals surface area (Å²) in [5, 5.41) is 18.1. The van der Waals surface area contributed by atoms with Crippen LogP contribution in [0.2, 0.25) is 0 Å². The van der Waals surface area contributed by atoms with Gasteiger partial charge < -0.3 is 10.6 Å². The molecule has 15 rings (SSSR count). The fourth-order valence-electron chi connectivity index (χ4n) is 18.2. The van der Waals surface area contributed by atoms with Gasteiger partial charge in [0.2, 0.25) is 11.8 Å². The molecule has 16 nitrogen and oxygen atoms in total. The average Bonchev–Trinajstić information content (AvgIpc) is 0.696. The quantitative estimate of drug-likeness (QED) is 0.0188. The van der Waals surface area contributed by atoms with E-state index in [9.17, 15) is 47.9 Å². The minimum Gasteiger partial charge on any atom is -0.351 e. The van der Waals surface area contributed by atoms with Crippen LogP contribution in [0.5, 0.6) is 0 Å². The summed E-state index contributed by atoms with van der Waals surface area (Å²) in [6.45, 7) is 8.33. The molecule has 10 aromatic rings. The fourth-order valence-corrected chi connectivity index (χ4v) is 18.2. The predicted molar refractivity (Wildman–Crippen MR) is 401 cm³/mol. The van der Waals surface area contributed by atoms with E-state index in [1.807, 2.05) is 72.8 Å². The van der Waals surface area contributed by atoms with E-state index >= 15 is 0 Å². The summed E-state index contributed by atoms with van der Waals surface area (Å²) < 4.78 is 0. The number of fused-ring (bicyclic) bond motifs is 4. The number of nitrogens with one attached hydrogen (secondary N) is 2. The molecule has 2 unspecified atom stereocenters. The van der Waals surface area contributed by atoms with Crippen LogP contribution in [0.25, 0.3) is 86.2 Å². The van der Waals surface area contributed by atoms with Crippen LogP contribution in [-0.4, -0.2) is 116 Å². The van der Waals surface area contributed by atoms with Crippen molar-refractivity contribution in [3.8, 4) is 0 Å². The van der Waals surface area contributed by atoms with E-state index in [2.05, 4.69) is 38.3 Å². The van der Waals surface area contributed by atoms with Gasteiger partial charge in [-0.05, 0) is 152 Å². The molecular formula is C86H90N6O10. The molecule has 10 aromatic carbocycles. The summed E-state index contributed by atoms with van der Waals surface area (Å²) in [5.41, 5.74) is 3.36. The number of carbonyl (C=O) groups is 10. The highest BCUT2D eigenvalue weighted by molar-refractivity contribution is 6.43. The monoisotopic (exact) mass is 1370 g/mol. The van der Waals surface area contributed by atoms with Crippen LogP contribution in [0, 0.1) is 0 Å². The molecule has 5 aliphatic rings. The van der Waals surface area contributed by atoms with Gasteiger partial charge in [-0.25, -0.2) is 0 Å². The smallest absolute Gasteiger partial charge is 0.261 e. The first-order chi connectivity index (χ1) is 49.7. The summed E-state index contributed by atoms with van der Waals surface area (Å²) in [6, 6.07) is 28.3. The van der Waals surface area contributed by atoms with Crippen molar-refractivity contribution >= 4 is 145 Å². The number of rotatable bonds is 30. The number of imide groups is 4. The highest BCUT2D eigenvalue weighted by atomic mass is 16.2. The summed E-state index contributed by atoms with van der Waals surface area (Å²) in [6.07, 6.45) is 22.3. The Morgan fingerprint density at radius 3 is 0.765 bits per heavy atom. The Kier molecular flexibility index (Phi) is 18.9. The molecule has 1 aliphatic carbocycles. The lowest BCUT2D eigenvalue weighted by atomic mass is 9.82. The van der Waals surface area contributed by atoms with Gasteiger partial charge in [-0.2, -0.15) is 0 Å². The number of amides is 10. The van der Waals surface area contributed by atoms with Gasteiger partial charge in [-0.3, -0.25) is 67.5 Å². The van der Waals surface area contributed by atoms with Crippen molar-refractivity contribution in [1.29, 1.82) is 0 Å². The molecule has 4 aliphatic heterocycles. The molecule has 2 atom stereocenters. The van der Waals surface area contributed by atoms with Gasteiger partial charge >= 0.3 is 0 Å². The largest absolute Gasteiger partial charge is 0.351 e. The second kappa shape index (κ2) is 28.3. The second-order valence-corrected chi connectivity index (χ2v) is 29.6. The molecule has 0 bridgehead atoms. The number of hydrogen-bond acceptors (Lipinski definition) is 10. The molecule has 2 N–H and O–H groups in total. The van der Waals surface area contributed by atoms with Gasteiger partial charge in [0.25, 0.3) is 47.3 Å². The Bertz CT molecular complexity index is 4570. The average molecular weight is 1370 g/mol. The van der Waals surface area contributed by atoms with Crippen LogP contribution in [0.4, 0.5) is 0 Å². The summed E-state index contributed by atoms with van der Waals surface area (Å²) in [4.78, 5) is 151. The molecule has 10 amide bonds. The number of nitrogens with zero attached hydrogens (tertiary/aromatic N) is 4. The Labute approximate surface area is 593 Å². The van der Waals surface area contributed by atoms with Crippen molar-refractivity contribution in [2.24, 2.45) is 0 Å². The summed E-state index contributed by atoms with van der Waals surface area (Å²) >= 11 is 0. The first-order valence-corrected chi connectivity index (χ1v) is 38.2. The maximum Gasteiger partial charge on any atom is 0.261 e. The molecule has 1 fully saturated rings. The fraction of sp³-hybridized carbons (Fsp3) is 0.419. The zero-order valence-electron chi connectivity index (χ0n) is 59.2. The van der Waals surface area contributed by atoms with Gasteiger partial charge in [0.1, 0.15) is 0 Å². The maximum atomic E-state index is 14.7. The van der Waals surface area contributed by atoms with Gasteiger partial charge in [-0.15, -0.1) is 0 Å². The minimum absolute atomic E-state index is 0.183. The van der Waals surface area contributed by atoms with Crippen molar-refractivity contribution in [2.75, 3.05) is 13.1 Å². The third-order valence-electron chi connectivity index (χ3n) is 23.4. The SMILES string of the molecule is CCCCCCC(CCCCCC)N1C(=O)c2ccc3c4ccc5c6c(ccc(c7ccc(c2c37)C1=O)c64)C(=O)N(CCC(=O)NC1CCCCC1NC(=O)CCN1C(=O)c2ccc3c4ccc6c7c(ccc(c8ccc(c2c38)C1=O)c74)C(=O)N(C(CCCCCC)CCCCCC)C6=O)C5=O. The first kappa shape index (κ1) is 68.1. The highest BCUT2D eigenvalue weighted by Crippen LogP contribution is 2.49. The van der Waals surface area contributed by atoms with Crippen molar-refractivity contribution in [2.45, 2.75) is 219 Å². The van der Waals surface area contributed by atoms with Crippen LogP contribution in [0.3, 0.4) is 0 Å². The minimum atomic E-state index is -0.519. The molecule has 524 valence electrons. The summed E-state index contributed by atoms with van der Waals surface area (Å²) in [5.74, 6) is -3.91. The standard InChI is InChI=1S/C86H90N6O10/c1-5-9-13-17-23-49(24-18-14-10-6-2)91-83(99)63-41-33-55-51-29-37-59-75-60(38-30-52(71(51)75)56-34-42-64(84(91)100)77(63)73(55)56)80(96)89(79(59)95)47-45-69(93)87-67-27-21-22-28-68(67)88-70(94)46-48-90-81(97)61-39-31-53-57-35-43-65-78-66(44-36-58(74(57)78)54-32-40-62(82(90)98)76(61)72(53)54)86(102)92(85(65)101)50(25-19-15-11-7-3)26-20-16-12-8-4/h29-44,49-50,67-68H,5-28,45-48H2,1-4H3,(H,87,93)(H,88,94). The zero-order chi connectivity index (χ0) is 70.8. The van der Waals surface area contributed by atoms with Crippen LogP contribution < -0.4 is 10.6 Å². The van der Waals surface area contributed by atoms with Gasteiger partial charge in [0.05, 0.1) is 0 Å². The van der Waals surface area contributed by atoms with Gasteiger partial charge in [-0.1, -0.05) is 192 Å². The number of carbonyl (C=O) groups excluding carboxylic acids is 10. The van der Waals surface area contributed by atoms with Crippen LogP contribution >= 0.6 is 0 Å². The van der Waals surface area contributed by atoms with E-state index < -0.39 is 47.5 Å². The van der Waals surface area contributed by atoms with Crippen molar-refractivity contribution in [3.63, 3.8) is 0 Å². The van der Waals surface area contributed by atoms with E-state index in [1.54, 1.807) is 34.1 Å². The van der Waals surface area contributed by atoms with Crippen LogP contribution in [0.15, 0.2) is 97.1 Å².